The molecule has 1 saturated carbocycles. The van der Waals surface area contributed by atoms with E-state index in [4.69, 9.17) is 18.0 Å². The first-order valence-electron chi connectivity index (χ1n) is 4.67. The number of hydrogen-bond donors (Lipinski definition) is 1. The van der Waals surface area contributed by atoms with Crippen LogP contribution in [0.2, 0.25) is 0 Å². The van der Waals surface area contributed by atoms with Crippen LogP contribution in [-0.4, -0.2) is 28.4 Å². The van der Waals surface area contributed by atoms with Crippen molar-refractivity contribution in [2.24, 2.45) is 11.7 Å². The van der Waals surface area contributed by atoms with Gasteiger partial charge in [-0.2, -0.15) is 0 Å². The lowest BCUT2D eigenvalue weighted by atomic mass is 10.1. The Hall–Kier alpha value is -0.640. The van der Waals surface area contributed by atoms with E-state index in [2.05, 4.69) is 0 Å². The van der Waals surface area contributed by atoms with Crippen LogP contribution in [-0.2, 0) is 4.79 Å². The molecule has 1 atom stereocenters. The highest BCUT2D eigenvalue weighted by Crippen LogP contribution is 2.27. The molecule has 13 heavy (non-hydrogen) atoms. The molecule has 0 aliphatic heterocycles. The van der Waals surface area contributed by atoms with Crippen molar-refractivity contribution >= 4 is 23.1 Å². The smallest absolute Gasteiger partial charge is 0.232 e. The lowest BCUT2D eigenvalue weighted by Gasteiger charge is -2.23. The molecule has 0 aromatic rings. The molecule has 2 N–H and O–H groups in total. The quantitative estimate of drug-likeness (QED) is 0.686. The normalized spacial score (nSPS) is 18.0. The van der Waals surface area contributed by atoms with Gasteiger partial charge in [-0.3, -0.25) is 4.79 Å². The molecule has 0 aromatic heterocycles. The zero-order valence-electron chi connectivity index (χ0n) is 8.12. The van der Waals surface area contributed by atoms with Crippen LogP contribution in [0.3, 0.4) is 0 Å². The average Bonchev–Trinajstić information content (AvgIpc) is 2.88. The largest absolute Gasteiger partial charge is 0.393 e. The van der Waals surface area contributed by atoms with Crippen molar-refractivity contribution in [3.05, 3.63) is 0 Å². The number of hydrogen-bond acceptors (Lipinski definition) is 2. The molecule has 1 aliphatic carbocycles. The molecule has 1 rings (SSSR count). The van der Waals surface area contributed by atoms with Crippen LogP contribution in [0.1, 0.15) is 26.7 Å². The number of thiocarbonyl (C=S) groups is 1. The van der Waals surface area contributed by atoms with E-state index in [9.17, 15) is 4.79 Å². The topological polar surface area (TPSA) is 46.3 Å². The van der Waals surface area contributed by atoms with Crippen LogP contribution in [0, 0.1) is 5.92 Å². The summed E-state index contributed by atoms with van der Waals surface area (Å²) in [5, 5.41) is 0. The molecule has 0 heterocycles. The lowest BCUT2D eigenvalue weighted by molar-refractivity contribution is -0.133. The van der Waals surface area contributed by atoms with Gasteiger partial charge in [-0.05, 0) is 26.7 Å². The predicted molar refractivity (Wildman–Crippen MR) is 56.4 cm³/mol. The minimum absolute atomic E-state index is 0.0810. The zero-order chi connectivity index (χ0) is 10.0. The summed E-state index contributed by atoms with van der Waals surface area (Å²) >= 11 is 4.80. The molecule has 3 nitrogen and oxygen atoms in total. The third kappa shape index (κ3) is 2.40. The van der Waals surface area contributed by atoms with E-state index in [1.54, 1.807) is 6.92 Å². The van der Waals surface area contributed by atoms with E-state index in [0.29, 0.717) is 11.0 Å². The van der Waals surface area contributed by atoms with Gasteiger partial charge in [-0.25, -0.2) is 0 Å². The third-order valence-electron chi connectivity index (χ3n) is 2.41. The van der Waals surface area contributed by atoms with Gasteiger partial charge in [-0.15, -0.1) is 0 Å². The molecule has 1 amide bonds. The second kappa shape index (κ2) is 4.05. The fraction of sp³-hybridized carbons (Fsp3) is 0.778. The minimum atomic E-state index is -0.310. The van der Waals surface area contributed by atoms with Crippen molar-refractivity contribution in [2.45, 2.75) is 32.7 Å². The molecule has 74 valence electrons. The van der Waals surface area contributed by atoms with Crippen LogP contribution >= 0.6 is 12.2 Å². The monoisotopic (exact) mass is 200 g/mol. The molecule has 0 spiro atoms. The first-order chi connectivity index (χ1) is 6.07. The summed E-state index contributed by atoms with van der Waals surface area (Å²) < 4.78 is 0. The fourth-order valence-electron chi connectivity index (χ4n) is 1.35. The van der Waals surface area contributed by atoms with E-state index in [0.717, 1.165) is 19.4 Å². The van der Waals surface area contributed by atoms with Gasteiger partial charge in [0.05, 0.1) is 10.9 Å². The number of nitrogens with zero attached hydrogens (tertiary/aromatic N) is 1. The molecule has 0 saturated heterocycles. The molecular weight excluding hydrogens is 184 g/mol. The standard InChI is InChI=1S/C9H16N2OS/c1-3-11(7-4-5-7)9(12)6(2)8(10)13/h6-7H,3-5H2,1-2H3,(H2,10,13). The van der Waals surface area contributed by atoms with Gasteiger partial charge in [0.1, 0.15) is 0 Å². The molecule has 0 aromatic carbocycles. The van der Waals surface area contributed by atoms with E-state index < -0.39 is 0 Å². The Kier molecular flexibility index (Phi) is 3.25. The third-order valence-corrected chi connectivity index (χ3v) is 2.76. The maximum Gasteiger partial charge on any atom is 0.232 e. The maximum atomic E-state index is 11.8. The van der Waals surface area contributed by atoms with Crippen LogP contribution in [0.25, 0.3) is 0 Å². The number of amides is 1. The highest BCUT2D eigenvalue weighted by Gasteiger charge is 2.33. The van der Waals surface area contributed by atoms with E-state index in [-0.39, 0.29) is 11.8 Å². The summed E-state index contributed by atoms with van der Waals surface area (Å²) in [5.74, 6) is -0.229. The summed E-state index contributed by atoms with van der Waals surface area (Å²) in [6, 6.07) is 0.453. The number of rotatable bonds is 4. The Balaban J connectivity index is 2.57. The summed E-state index contributed by atoms with van der Waals surface area (Å²) in [7, 11) is 0. The minimum Gasteiger partial charge on any atom is -0.393 e. The molecule has 0 radical (unpaired) electrons. The molecule has 1 unspecified atom stereocenters. The summed E-state index contributed by atoms with van der Waals surface area (Å²) in [5.41, 5.74) is 5.43. The second-order valence-corrected chi connectivity index (χ2v) is 3.95. The van der Waals surface area contributed by atoms with Crippen molar-refractivity contribution in [3.63, 3.8) is 0 Å². The van der Waals surface area contributed by atoms with Crippen LogP contribution < -0.4 is 5.73 Å². The van der Waals surface area contributed by atoms with Crippen molar-refractivity contribution in [3.8, 4) is 0 Å². The van der Waals surface area contributed by atoms with E-state index >= 15 is 0 Å². The lowest BCUT2D eigenvalue weighted by Crippen LogP contribution is -2.41. The summed E-state index contributed by atoms with van der Waals surface area (Å²) in [4.78, 5) is 13.9. The molecule has 1 fully saturated rings. The predicted octanol–water partition coefficient (Wildman–Crippen LogP) is 0.920. The number of nitrogens with two attached hydrogens (primary N) is 1. The molecule has 1 aliphatic rings. The van der Waals surface area contributed by atoms with Gasteiger partial charge in [0.15, 0.2) is 0 Å². The highest BCUT2D eigenvalue weighted by atomic mass is 32.1. The van der Waals surface area contributed by atoms with Gasteiger partial charge >= 0.3 is 0 Å². The molecule has 4 heteroatoms. The molecule has 0 bridgehead atoms. The van der Waals surface area contributed by atoms with E-state index in [1.807, 2.05) is 11.8 Å². The van der Waals surface area contributed by atoms with Crippen LogP contribution in [0.4, 0.5) is 0 Å². The highest BCUT2D eigenvalue weighted by molar-refractivity contribution is 7.80. The Bertz CT molecular complexity index is 226. The van der Waals surface area contributed by atoms with Crippen LogP contribution in [0.5, 0.6) is 0 Å². The Labute approximate surface area is 84.3 Å². The van der Waals surface area contributed by atoms with Crippen LogP contribution in [0.15, 0.2) is 0 Å². The van der Waals surface area contributed by atoms with E-state index in [1.165, 1.54) is 0 Å². The zero-order valence-corrected chi connectivity index (χ0v) is 8.93. The van der Waals surface area contributed by atoms with Gasteiger partial charge in [-0.1, -0.05) is 12.2 Å². The van der Waals surface area contributed by atoms with Gasteiger partial charge in [0.2, 0.25) is 5.91 Å². The van der Waals surface area contributed by atoms with Crippen molar-refractivity contribution < 1.29 is 4.79 Å². The SMILES string of the molecule is CCN(C(=O)C(C)C(N)=S)C1CC1. The number of carbonyl (C=O) groups is 1. The second-order valence-electron chi connectivity index (χ2n) is 3.48. The molecular formula is C9H16N2OS. The Morgan fingerprint density at radius 2 is 2.23 bits per heavy atom. The average molecular weight is 200 g/mol. The summed E-state index contributed by atoms with van der Waals surface area (Å²) in [6.07, 6.45) is 2.26. The maximum absolute atomic E-state index is 11.8. The van der Waals surface area contributed by atoms with Gasteiger partial charge in [0.25, 0.3) is 0 Å². The first-order valence-corrected chi connectivity index (χ1v) is 5.08. The van der Waals surface area contributed by atoms with Crippen molar-refractivity contribution in [2.75, 3.05) is 6.54 Å². The Morgan fingerprint density at radius 3 is 2.54 bits per heavy atom. The number of carbonyl (C=O) groups excluding carboxylic acids is 1. The van der Waals surface area contributed by atoms with Crippen molar-refractivity contribution in [1.82, 2.24) is 4.90 Å². The van der Waals surface area contributed by atoms with Gasteiger partial charge < -0.3 is 10.6 Å². The summed E-state index contributed by atoms with van der Waals surface area (Å²) in [6.45, 7) is 4.52. The first kappa shape index (κ1) is 10.4. The fourth-order valence-corrected chi connectivity index (χ4v) is 1.45. The Morgan fingerprint density at radius 1 is 1.69 bits per heavy atom. The van der Waals surface area contributed by atoms with Crippen molar-refractivity contribution in [1.29, 1.82) is 0 Å². The van der Waals surface area contributed by atoms with Gasteiger partial charge in [0, 0.05) is 12.6 Å².